The summed E-state index contributed by atoms with van der Waals surface area (Å²) in [6.07, 6.45) is 6.31. The number of aromatic nitrogens is 2. The number of hydrogen-bond donors (Lipinski definition) is 1. The summed E-state index contributed by atoms with van der Waals surface area (Å²) in [5.74, 6) is 0.706. The zero-order valence-corrected chi connectivity index (χ0v) is 12.4. The Labute approximate surface area is 122 Å². The van der Waals surface area contributed by atoms with E-state index in [0.717, 1.165) is 13.1 Å². The largest absolute Gasteiger partial charge is 0.312 e. The van der Waals surface area contributed by atoms with E-state index >= 15 is 0 Å². The van der Waals surface area contributed by atoms with Gasteiger partial charge in [0, 0.05) is 29.5 Å². The molecule has 1 fully saturated rings. The number of hydrogen-bond acceptors (Lipinski definition) is 2. The molecule has 1 N–H and O–H groups in total. The molecule has 0 atom stereocenters. The average molecular weight is 320 g/mol. The van der Waals surface area contributed by atoms with E-state index in [-0.39, 0.29) is 0 Å². The van der Waals surface area contributed by atoms with E-state index in [0.29, 0.717) is 12.0 Å². The van der Waals surface area contributed by atoms with Crippen molar-refractivity contribution in [3.05, 3.63) is 52.8 Å². The van der Waals surface area contributed by atoms with Gasteiger partial charge in [-0.2, -0.15) is 5.10 Å². The highest BCUT2D eigenvalue weighted by Gasteiger charge is 2.30. The lowest BCUT2D eigenvalue weighted by atomic mass is 9.76. The topological polar surface area (TPSA) is 29.9 Å². The summed E-state index contributed by atoms with van der Waals surface area (Å²) in [4.78, 5) is 0. The van der Waals surface area contributed by atoms with E-state index < -0.39 is 0 Å². The molecule has 19 heavy (non-hydrogen) atoms. The molecule has 0 unspecified atom stereocenters. The molecule has 1 aliphatic rings. The van der Waals surface area contributed by atoms with Gasteiger partial charge in [0.1, 0.15) is 0 Å². The van der Waals surface area contributed by atoms with E-state index in [4.69, 9.17) is 0 Å². The molecule has 2 aromatic rings. The van der Waals surface area contributed by atoms with Crippen LogP contribution in [0.2, 0.25) is 0 Å². The summed E-state index contributed by atoms with van der Waals surface area (Å²) in [7, 11) is 0. The molecule has 1 aliphatic carbocycles. The second kappa shape index (κ2) is 5.88. The zero-order valence-electron chi connectivity index (χ0n) is 10.8. The van der Waals surface area contributed by atoms with Crippen molar-refractivity contribution in [1.29, 1.82) is 0 Å². The fourth-order valence-corrected chi connectivity index (χ4v) is 3.27. The van der Waals surface area contributed by atoms with Gasteiger partial charge in [0.15, 0.2) is 0 Å². The maximum absolute atomic E-state index is 4.20. The molecule has 0 amide bonds. The molecule has 3 rings (SSSR count). The molecule has 4 heteroatoms. The van der Waals surface area contributed by atoms with E-state index in [1.54, 1.807) is 0 Å². The Morgan fingerprint density at radius 2 is 2.11 bits per heavy atom. The molecule has 100 valence electrons. The van der Waals surface area contributed by atoms with Crippen LogP contribution in [0.1, 0.15) is 24.3 Å². The first kappa shape index (κ1) is 12.9. The van der Waals surface area contributed by atoms with Gasteiger partial charge in [0.2, 0.25) is 0 Å². The van der Waals surface area contributed by atoms with Crippen molar-refractivity contribution < 1.29 is 0 Å². The van der Waals surface area contributed by atoms with Crippen LogP contribution in [-0.4, -0.2) is 22.4 Å². The maximum atomic E-state index is 4.20. The molecule has 1 heterocycles. The van der Waals surface area contributed by atoms with Crippen molar-refractivity contribution in [3.8, 4) is 0 Å². The van der Waals surface area contributed by atoms with Crippen LogP contribution in [0.25, 0.3) is 0 Å². The van der Waals surface area contributed by atoms with Crippen molar-refractivity contribution in [2.24, 2.45) is 0 Å². The minimum atomic E-state index is 0.660. The highest BCUT2D eigenvalue weighted by molar-refractivity contribution is 9.10. The van der Waals surface area contributed by atoms with Crippen LogP contribution < -0.4 is 5.32 Å². The lowest BCUT2D eigenvalue weighted by molar-refractivity contribution is 0.286. The number of rotatable bonds is 5. The van der Waals surface area contributed by atoms with Gasteiger partial charge in [0.05, 0.1) is 6.54 Å². The van der Waals surface area contributed by atoms with Crippen molar-refractivity contribution in [3.63, 3.8) is 0 Å². The predicted octanol–water partition coefficient (Wildman–Crippen LogP) is 3.18. The lowest BCUT2D eigenvalue weighted by Gasteiger charge is -2.37. The molecular formula is C15H18BrN3. The minimum absolute atomic E-state index is 0.660. The Morgan fingerprint density at radius 1 is 1.26 bits per heavy atom. The Kier molecular flexibility index (Phi) is 3.99. The number of halogens is 1. The molecular weight excluding hydrogens is 302 g/mol. The van der Waals surface area contributed by atoms with E-state index in [9.17, 15) is 0 Å². The lowest BCUT2D eigenvalue weighted by Crippen LogP contribution is -2.41. The molecule has 3 nitrogen and oxygen atoms in total. The number of nitrogens with one attached hydrogen (secondary N) is 1. The van der Waals surface area contributed by atoms with Gasteiger partial charge >= 0.3 is 0 Å². The van der Waals surface area contributed by atoms with Crippen molar-refractivity contribution in [1.82, 2.24) is 15.1 Å². The quantitative estimate of drug-likeness (QED) is 0.917. The third-order valence-electron chi connectivity index (χ3n) is 3.82. The van der Waals surface area contributed by atoms with Crippen LogP contribution in [0, 0.1) is 0 Å². The van der Waals surface area contributed by atoms with Gasteiger partial charge in [-0.3, -0.25) is 4.68 Å². The highest BCUT2D eigenvalue weighted by Crippen LogP contribution is 2.39. The zero-order chi connectivity index (χ0) is 13.1. The Morgan fingerprint density at radius 3 is 2.84 bits per heavy atom. The van der Waals surface area contributed by atoms with Crippen LogP contribution in [-0.2, 0) is 6.54 Å². The monoisotopic (exact) mass is 319 g/mol. The second-order valence-electron chi connectivity index (χ2n) is 5.11. The van der Waals surface area contributed by atoms with Crippen molar-refractivity contribution >= 4 is 15.9 Å². The maximum Gasteiger partial charge on any atom is 0.0534 e. The molecule has 1 saturated carbocycles. The molecule has 0 radical (unpaired) electrons. The summed E-state index contributed by atoms with van der Waals surface area (Å²) in [6.45, 7) is 1.94. The first-order valence-corrected chi connectivity index (χ1v) is 7.57. The Balaban J connectivity index is 1.42. The predicted molar refractivity (Wildman–Crippen MR) is 80.1 cm³/mol. The number of nitrogens with zero attached hydrogens (tertiary/aromatic N) is 2. The Hall–Kier alpha value is -1.13. The van der Waals surface area contributed by atoms with Gasteiger partial charge in [-0.25, -0.2) is 0 Å². The average Bonchev–Trinajstić information content (AvgIpc) is 2.87. The van der Waals surface area contributed by atoms with Crippen LogP contribution in [0.3, 0.4) is 0 Å². The van der Waals surface area contributed by atoms with Crippen LogP contribution in [0.15, 0.2) is 47.2 Å². The molecule has 0 spiro atoms. The Bertz CT molecular complexity index is 518. The SMILES string of the molecule is Brc1ccccc1C1CC(NCCn2cccn2)C1. The smallest absolute Gasteiger partial charge is 0.0534 e. The fourth-order valence-electron chi connectivity index (χ4n) is 2.66. The van der Waals surface area contributed by atoms with E-state index in [1.807, 2.05) is 23.1 Å². The molecule has 0 aliphatic heterocycles. The first-order valence-electron chi connectivity index (χ1n) is 6.78. The standard InChI is InChI=1S/C15H18BrN3/c16-15-5-2-1-4-14(15)12-10-13(11-12)17-7-9-19-8-3-6-18-19/h1-6,8,12-13,17H,7,9-11H2. The molecule has 0 bridgehead atoms. The molecule has 0 saturated heterocycles. The number of benzene rings is 1. The van der Waals surface area contributed by atoms with Gasteiger partial charge in [-0.05, 0) is 36.5 Å². The van der Waals surface area contributed by atoms with Gasteiger partial charge in [-0.1, -0.05) is 34.1 Å². The van der Waals surface area contributed by atoms with Gasteiger partial charge in [0.25, 0.3) is 0 Å². The van der Waals surface area contributed by atoms with Crippen LogP contribution >= 0.6 is 15.9 Å². The second-order valence-corrected chi connectivity index (χ2v) is 5.96. The molecule has 1 aromatic carbocycles. The summed E-state index contributed by atoms with van der Waals surface area (Å²) in [5.41, 5.74) is 1.45. The van der Waals surface area contributed by atoms with E-state index in [2.05, 4.69) is 50.6 Å². The molecule has 1 aromatic heterocycles. The fraction of sp³-hybridized carbons (Fsp3) is 0.400. The van der Waals surface area contributed by atoms with E-state index in [1.165, 1.54) is 22.9 Å². The van der Waals surface area contributed by atoms with Crippen LogP contribution in [0.4, 0.5) is 0 Å². The summed E-state index contributed by atoms with van der Waals surface area (Å²) < 4.78 is 3.21. The summed E-state index contributed by atoms with van der Waals surface area (Å²) in [6, 6.07) is 11.2. The van der Waals surface area contributed by atoms with Crippen LogP contribution in [0.5, 0.6) is 0 Å². The van der Waals surface area contributed by atoms with Gasteiger partial charge < -0.3 is 5.32 Å². The minimum Gasteiger partial charge on any atom is -0.312 e. The van der Waals surface area contributed by atoms with Crippen molar-refractivity contribution in [2.75, 3.05) is 6.54 Å². The third-order valence-corrected chi connectivity index (χ3v) is 4.54. The highest BCUT2D eigenvalue weighted by atomic mass is 79.9. The van der Waals surface area contributed by atoms with Crippen molar-refractivity contribution in [2.45, 2.75) is 31.3 Å². The first-order chi connectivity index (χ1) is 9.33. The summed E-state index contributed by atoms with van der Waals surface area (Å²) >= 11 is 3.64. The summed E-state index contributed by atoms with van der Waals surface area (Å²) in [5, 5.41) is 7.80. The van der Waals surface area contributed by atoms with Gasteiger partial charge in [-0.15, -0.1) is 0 Å². The third kappa shape index (κ3) is 3.07. The normalized spacial score (nSPS) is 22.2.